The fraction of sp³-hybridized carbons (Fsp3) is 0.588. The average Bonchev–Trinajstić information content (AvgIpc) is 2.38. The maximum absolute atomic E-state index is 11.4. The van der Waals surface area contributed by atoms with E-state index in [0.717, 1.165) is 31.6 Å². The largest absolute Gasteiger partial charge is 0.399 e. The van der Waals surface area contributed by atoms with Crippen molar-refractivity contribution in [3.63, 3.8) is 0 Å². The van der Waals surface area contributed by atoms with Gasteiger partial charge in [0.15, 0.2) is 0 Å². The molecule has 1 saturated heterocycles. The number of hydrogen-bond acceptors (Lipinski definition) is 3. The third kappa shape index (κ3) is 3.53. The lowest BCUT2D eigenvalue weighted by Crippen LogP contribution is -2.39. The van der Waals surface area contributed by atoms with Gasteiger partial charge in [-0.15, -0.1) is 0 Å². The Morgan fingerprint density at radius 3 is 2.30 bits per heavy atom. The molecule has 20 heavy (non-hydrogen) atoms. The third-order valence-electron chi connectivity index (χ3n) is 4.56. The normalized spacial score (nSPS) is 17.2. The predicted molar refractivity (Wildman–Crippen MR) is 84.9 cm³/mol. The highest BCUT2D eigenvalue weighted by Crippen LogP contribution is 2.38. The number of piperidine rings is 1. The van der Waals surface area contributed by atoms with Gasteiger partial charge in [-0.3, -0.25) is 0 Å². The molecule has 2 N–H and O–H groups in total. The minimum Gasteiger partial charge on any atom is -0.399 e. The zero-order valence-electron chi connectivity index (χ0n) is 12.9. The number of benzene rings is 1. The van der Waals surface area contributed by atoms with Gasteiger partial charge < -0.3 is 15.4 Å². The Bertz CT molecular complexity index is 456. The molecule has 0 saturated carbocycles. The van der Waals surface area contributed by atoms with Crippen LogP contribution in [0, 0.1) is 11.3 Å². The molecule has 1 aliphatic heterocycles. The molecule has 0 amide bonds. The molecule has 0 bridgehead atoms. The average molecular weight is 274 g/mol. The zero-order valence-corrected chi connectivity index (χ0v) is 12.9. The molecule has 1 fully saturated rings. The van der Waals surface area contributed by atoms with Crippen LogP contribution in [0.5, 0.6) is 0 Å². The van der Waals surface area contributed by atoms with Gasteiger partial charge in [0.05, 0.1) is 0 Å². The molecule has 3 heteroatoms. The Labute approximate surface area is 122 Å². The van der Waals surface area contributed by atoms with E-state index in [4.69, 9.17) is 5.73 Å². The summed E-state index contributed by atoms with van der Waals surface area (Å²) >= 11 is 0. The van der Waals surface area contributed by atoms with Gasteiger partial charge in [0, 0.05) is 30.9 Å². The Kier molecular flexibility index (Phi) is 4.36. The highest BCUT2D eigenvalue weighted by Gasteiger charge is 2.33. The lowest BCUT2D eigenvalue weighted by molar-refractivity contribution is -0.119. The molecule has 1 aromatic carbocycles. The first-order valence-corrected chi connectivity index (χ1v) is 7.48. The van der Waals surface area contributed by atoms with Crippen LogP contribution in [0.15, 0.2) is 24.3 Å². The van der Waals surface area contributed by atoms with Gasteiger partial charge in [-0.05, 0) is 55.4 Å². The lowest BCUT2D eigenvalue weighted by Gasteiger charge is -2.41. The SMILES string of the molecule is CC(=O)CC(C)(C)C1CCN(c2ccc(N)cc2)CC1. The zero-order chi connectivity index (χ0) is 14.8. The summed E-state index contributed by atoms with van der Waals surface area (Å²) in [5.74, 6) is 0.937. The summed E-state index contributed by atoms with van der Waals surface area (Å²) in [4.78, 5) is 13.8. The summed E-state index contributed by atoms with van der Waals surface area (Å²) in [5.41, 5.74) is 7.92. The molecular weight excluding hydrogens is 248 g/mol. The van der Waals surface area contributed by atoms with Crippen LogP contribution < -0.4 is 10.6 Å². The van der Waals surface area contributed by atoms with E-state index >= 15 is 0 Å². The van der Waals surface area contributed by atoms with Crippen LogP contribution in [0.25, 0.3) is 0 Å². The molecule has 110 valence electrons. The van der Waals surface area contributed by atoms with Crippen molar-refractivity contribution in [2.24, 2.45) is 11.3 Å². The van der Waals surface area contributed by atoms with Crippen molar-refractivity contribution in [2.45, 2.75) is 40.0 Å². The number of hydrogen-bond donors (Lipinski definition) is 1. The number of Topliss-reactive ketones (excluding diaryl/α,β-unsaturated/α-hetero) is 1. The van der Waals surface area contributed by atoms with Gasteiger partial charge in [-0.1, -0.05) is 13.8 Å². The van der Waals surface area contributed by atoms with Crippen molar-refractivity contribution in [1.82, 2.24) is 0 Å². The van der Waals surface area contributed by atoms with Crippen molar-refractivity contribution in [3.8, 4) is 0 Å². The minimum atomic E-state index is 0.124. The molecule has 0 aliphatic carbocycles. The number of nitrogen functional groups attached to an aromatic ring is 1. The first kappa shape index (κ1) is 14.9. The summed E-state index contributed by atoms with van der Waals surface area (Å²) in [6.07, 6.45) is 3.01. The molecule has 0 radical (unpaired) electrons. The molecule has 1 heterocycles. The third-order valence-corrected chi connectivity index (χ3v) is 4.56. The topological polar surface area (TPSA) is 46.3 Å². The van der Waals surface area contributed by atoms with Crippen molar-refractivity contribution < 1.29 is 4.79 Å². The van der Waals surface area contributed by atoms with Crippen LogP contribution in [0.1, 0.15) is 40.0 Å². The molecule has 1 aromatic rings. The van der Waals surface area contributed by atoms with E-state index in [2.05, 4.69) is 30.9 Å². The summed E-state index contributed by atoms with van der Waals surface area (Å²) in [6.45, 7) is 8.30. The summed E-state index contributed by atoms with van der Waals surface area (Å²) < 4.78 is 0. The van der Waals surface area contributed by atoms with E-state index in [9.17, 15) is 4.79 Å². The van der Waals surface area contributed by atoms with Crippen LogP contribution in [-0.2, 0) is 4.79 Å². The van der Waals surface area contributed by atoms with Crippen molar-refractivity contribution in [1.29, 1.82) is 0 Å². The quantitative estimate of drug-likeness (QED) is 0.855. The summed E-state index contributed by atoms with van der Waals surface area (Å²) in [7, 11) is 0. The Morgan fingerprint density at radius 2 is 1.80 bits per heavy atom. The Morgan fingerprint density at radius 1 is 1.25 bits per heavy atom. The first-order chi connectivity index (χ1) is 9.38. The second kappa shape index (κ2) is 5.86. The summed E-state index contributed by atoms with van der Waals surface area (Å²) in [6, 6.07) is 8.11. The minimum absolute atomic E-state index is 0.124. The number of carbonyl (C=O) groups excluding carboxylic acids is 1. The van der Waals surface area contributed by atoms with Crippen LogP contribution >= 0.6 is 0 Å². The fourth-order valence-corrected chi connectivity index (χ4v) is 3.39. The highest BCUT2D eigenvalue weighted by molar-refractivity contribution is 5.76. The monoisotopic (exact) mass is 274 g/mol. The highest BCUT2D eigenvalue weighted by atomic mass is 16.1. The van der Waals surface area contributed by atoms with Crippen LogP contribution in [0.3, 0.4) is 0 Å². The van der Waals surface area contributed by atoms with E-state index in [1.807, 2.05) is 12.1 Å². The second-order valence-electron chi connectivity index (χ2n) is 6.72. The molecule has 0 unspecified atom stereocenters. The van der Waals surface area contributed by atoms with Gasteiger partial charge in [0.25, 0.3) is 0 Å². The van der Waals surface area contributed by atoms with Crippen molar-refractivity contribution in [2.75, 3.05) is 23.7 Å². The molecular formula is C17H26N2O. The second-order valence-corrected chi connectivity index (χ2v) is 6.72. The number of ketones is 1. The standard InChI is InChI=1S/C17H26N2O/c1-13(20)12-17(2,3)14-8-10-19(11-9-14)16-6-4-15(18)5-7-16/h4-7,14H,8-12,18H2,1-3H3. The number of anilines is 2. The molecule has 0 atom stereocenters. The molecule has 0 spiro atoms. The molecule has 3 nitrogen and oxygen atoms in total. The number of carbonyl (C=O) groups is 1. The van der Waals surface area contributed by atoms with Crippen LogP contribution in [-0.4, -0.2) is 18.9 Å². The first-order valence-electron chi connectivity index (χ1n) is 7.48. The van der Waals surface area contributed by atoms with Crippen LogP contribution in [0.2, 0.25) is 0 Å². The van der Waals surface area contributed by atoms with E-state index in [1.54, 1.807) is 6.92 Å². The van der Waals surface area contributed by atoms with Crippen LogP contribution in [0.4, 0.5) is 11.4 Å². The smallest absolute Gasteiger partial charge is 0.130 e. The van der Waals surface area contributed by atoms with E-state index < -0.39 is 0 Å². The van der Waals surface area contributed by atoms with E-state index in [-0.39, 0.29) is 5.41 Å². The maximum Gasteiger partial charge on any atom is 0.130 e. The predicted octanol–water partition coefficient (Wildman–Crippen LogP) is 3.49. The number of nitrogens with zero attached hydrogens (tertiary/aromatic N) is 1. The molecule has 2 rings (SSSR count). The Balaban J connectivity index is 1.95. The van der Waals surface area contributed by atoms with Gasteiger partial charge in [-0.25, -0.2) is 0 Å². The van der Waals surface area contributed by atoms with Gasteiger partial charge in [-0.2, -0.15) is 0 Å². The molecule has 1 aliphatic rings. The van der Waals surface area contributed by atoms with Crippen molar-refractivity contribution in [3.05, 3.63) is 24.3 Å². The van der Waals surface area contributed by atoms with E-state index in [1.165, 1.54) is 5.69 Å². The number of nitrogens with two attached hydrogens (primary N) is 1. The number of rotatable bonds is 4. The van der Waals surface area contributed by atoms with Gasteiger partial charge in [0.2, 0.25) is 0 Å². The lowest BCUT2D eigenvalue weighted by atomic mass is 9.71. The maximum atomic E-state index is 11.4. The van der Waals surface area contributed by atoms with Gasteiger partial charge >= 0.3 is 0 Å². The Hall–Kier alpha value is -1.51. The van der Waals surface area contributed by atoms with Gasteiger partial charge in [0.1, 0.15) is 5.78 Å². The van der Waals surface area contributed by atoms with E-state index in [0.29, 0.717) is 18.1 Å². The summed E-state index contributed by atoms with van der Waals surface area (Å²) in [5, 5.41) is 0. The fourth-order valence-electron chi connectivity index (χ4n) is 3.39. The molecule has 0 aromatic heterocycles. The van der Waals surface area contributed by atoms with Crippen molar-refractivity contribution >= 4 is 17.2 Å².